The first-order valence-corrected chi connectivity index (χ1v) is 10.1. The van der Waals surface area contributed by atoms with Crippen LogP contribution in [0.25, 0.3) is 11.0 Å². The van der Waals surface area contributed by atoms with Gasteiger partial charge in [-0.2, -0.15) is 0 Å². The van der Waals surface area contributed by atoms with Crippen LogP contribution in [0.15, 0.2) is 71.4 Å². The first-order chi connectivity index (χ1) is 14.3. The van der Waals surface area contributed by atoms with Gasteiger partial charge >= 0.3 is 0 Å². The van der Waals surface area contributed by atoms with Gasteiger partial charge in [-0.1, -0.05) is 48.5 Å². The van der Waals surface area contributed by atoms with Gasteiger partial charge in [0, 0.05) is 30.5 Å². The number of hydrogen-bond donors (Lipinski definition) is 1. The highest BCUT2D eigenvalue weighted by Crippen LogP contribution is 2.36. The van der Waals surface area contributed by atoms with E-state index in [0.29, 0.717) is 13.0 Å². The molecule has 1 aliphatic heterocycles. The Labute approximate surface area is 169 Å². The monoisotopic (exact) mass is 385 g/mol. The number of benzene rings is 2. The molecule has 1 N–H and O–H groups in total. The Bertz CT molecular complexity index is 1100. The molecule has 5 nitrogen and oxygen atoms in total. The van der Waals surface area contributed by atoms with Gasteiger partial charge in [-0.15, -0.1) is 0 Å². The van der Waals surface area contributed by atoms with Gasteiger partial charge in [0.2, 0.25) is 5.91 Å². The molecule has 0 radical (unpaired) electrons. The van der Waals surface area contributed by atoms with Gasteiger partial charge in [0.15, 0.2) is 0 Å². The van der Waals surface area contributed by atoms with Crippen LogP contribution in [0.3, 0.4) is 0 Å². The average molecular weight is 385 g/mol. The van der Waals surface area contributed by atoms with Crippen LogP contribution in [0.4, 0.5) is 0 Å². The summed E-state index contributed by atoms with van der Waals surface area (Å²) in [6.07, 6.45) is 4.76. The van der Waals surface area contributed by atoms with Crippen molar-refractivity contribution in [3.63, 3.8) is 0 Å². The summed E-state index contributed by atoms with van der Waals surface area (Å²) in [6.45, 7) is 0.668. The number of nitrogens with zero attached hydrogens (tertiary/aromatic N) is 2. The van der Waals surface area contributed by atoms with Gasteiger partial charge in [-0.05, 0) is 30.5 Å². The van der Waals surface area contributed by atoms with Crippen molar-refractivity contribution in [3.8, 4) is 0 Å². The summed E-state index contributed by atoms with van der Waals surface area (Å²) in [6, 6.07) is 20.0. The number of aromatic amines is 1. The molecule has 1 amide bonds. The van der Waals surface area contributed by atoms with Crippen LogP contribution in [0.5, 0.6) is 0 Å². The van der Waals surface area contributed by atoms with E-state index in [1.54, 1.807) is 6.33 Å². The van der Waals surface area contributed by atoms with Crippen LogP contribution in [0.2, 0.25) is 0 Å². The van der Waals surface area contributed by atoms with Crippen molar-refractivity contribution in [1.82, 2.24) is 14.9 Å². The third-order valence-electron chi connectivity index (χ3n) is 5.66. The maximum atomic E-state index is 13.2. The summed E-state index contributed by atoms with van der Waals surface area (Å²) in [7, 11) is 0. The standard InChI is InChI=1S/C24H23N3O2/c28-22(12-6-9-17-7-2-1-3-8-17)27-14-13-19-23(26-16-25-19)24(27)21-15-18-10-4-5-11-20(18)29-21/h1-5,7-8,10-11,15-16,24H,6,9,12-14H2,(H,25,26)/t24-/m1/s1. The number of carbonyl (C=O) groups is 1. The van der Waals surface area contributed by atoms with E-state index >= 15 is 0 Å². The predicted octanol–water partition coefficient (Wildman–Crippen LogP) is 4.65. The Hall–Kier alpha value is -3.34. The highest BCUT2D eigenvalue weighted by Gasteiger charge is 2.35. The normalized spacial score (nSPS) is 16.1. The zero-order valence-corrected chi connectivity index (χ0v) is 16.2. The van der Waals surface area contributed by atoms with Crippen LogP contribution < -0.4 is 0 Å². The molecule has 0 saturated heterocycles. The molecule has 146 valence electrons. The summed E-state index contributed by atoms with van der Waals surface area (Å²) in [5.74, 6) is 0.927. The van der Waals surface area contributed by atoms with E-state index in [1.807, 2.05) is 53.4 Å². The van der Waals surface area contributed by atoms with Crippen LogP contribution in [-0.4, -0.2) is 27.3 Å². The second kappa shape index (κ2) is 7.59. The van der Waals surface area contributed by atoms with Gasteiger partial charge < -0.3 is 14.3 Å². The Morgan fingerprint density at radius 2 is 1.97 bits per heavy atom. The van der Waals surface area contributed by atoms with E-state index in [1.165, 1.54) is 5.56 Å². The number of H-pyrrole nitrogens is 1. The largest absolute Gasteiger partial charge is 0.458 e. The Morgan fingerprint density at radius 3 is 2.83 bits per heavy atom. The molecule has 4 aromatic rings. The van der Waals surface area contributed by atoms with E-state index in [2.05, 4.69) is 22.1 Å². The lowest BCUT2D eigenvalue weighted by Crippen LogP contribution is -2.40. The molecular weight excluding hydrogens is 362 g/mol. The molecule has 3 heterocycles. The van der Waals surface area contributed by atoms with Gasteiger partial charge in [-0.3, -0.25) is 4.79 Å². The molecule has 0 unspecified atom stereocenters. The number of carbonyl (C=O) groups excluding carboxylic acids is 1. The van der Waals surface area contributed by atoms with Crippen LogP contribution >= 0.6 is 0 Å². The summed E-state index contributed by atoms with van der Waals surface area (Å²) in [5, 5.41) is 1.04. The van der Waals surface area contributed by atoms with Crippen molar-refractivity contribution in [2.75, 3.05) is 6.54 Å². The number of rotatable bonds is 5. The lowest BCUT2D eigenvalue weighted by atomic mass is 9.99. The number of fused-ring (bicyclic) bond motifs is 2. The second-order valence-corrected chi connectivity index (χ2v) is 7.53. The number of aryl methyl sites for hydroxylation is 1. The van der Waals surface area contributed by atoms with E-state index in [-0.39, 0.29) is 11.9 Å². The number of furan rings is 1. The maximum Gasteiger partial charge on any atom is 0.223 e. The number of aromatic nitrogens is 2. The molecule has 0 spiro atoms. The summed E-state index contributed by atoms with van der Waals surface area (Å²) in [4.78, 5) is 22.9. The third-order valence-corrected chi connectivity index (χ3v) is 5.66. The molecule has 0 fully saturated rings. The van der Waals surface area contributed by atoms with E-state index in [9.17, 15) is 4.79 Å². The molecular formula is C24H23N3O2. The maximum absolute atomic E-state index is 13.2. The molecule has 0 bridgehead atoms. The molecule has 2 aromatic heterocycles. The molecule has 5 rings (SSSR count). The third kappa shape index (κ3) is 3.44. The molecule has 1 aliphatic rings. The smallest absolute Gasteiger partial charge is 0.223 e. The minimum Gasteiger partial charge on any atom is -0.458 e. The minimum absolute atomic E-state index is 0.153. The fourth-order valence-corrected chi connectivity index (χ4v) is 4.20. The van der Waals surface area contributed by atoms with Crippen molar-refractivity contribution in [2.45, 2.75) is 31.7 Å². The Balaban J connectivity index is 1.39. The van der Waals surface area contributed by atoms with Gasteiger partial charge in [0.05, 0.1) is 12.0 Å². The fourth-order valence-electron chi connectivity index (χ4n) is 4.20. The second-order valence-electron chi connectivity index (χ2n) is 7.53. The minimum atomic E-state index is -0.276. The number of amides is 1. The van der Waals surface area contributed by atoms with Crippen LogP contribution in [0, 0.1) is 0 Å². The fraction of sp³-hybridized carbons (Fsp3) is 0.250. The highest BCUT2D eigenvalue weighted by molar-refractivity contribution is 5.80. The van der Waals surface area contributed by atoms with E-state index < -0.39 is 0 Å². The lowest BCUT2D eigenvalue weighted by Gasteiger charge is -2.33. The topological polar surface area (TPSA) is 62.1 Å². The van der Waals surface area contributed by atoms with Crippen molar-refractivity contribution in [2.24, 2.45) is 0 Å². The van der Waals surface area contributed by atoms with E-state index in [0.717, 1.165) is 47.4 Å². The highest BCUT2D eigenvalue weighted by atomic mass is 16.3. The van der Waals surface area contributed by atoms with Crippen molar-refractivity contribution in [1.29, 1.82) is 0 Å². The van der Waals surface area contributed by atoms with Crippen LogP contribution in [0.1, 0.15) is 41.6 Å². The SMILES string of the molecule is O=C(CCCc1ccccc1)N1CCc2[nH]cnc2[C@H]1c1cc2ccccc2o1. The number of para-hydroxylation sites is 1. The summed E-state index contributed by atoms with van der Waals surface area (Å²) < 4.78 is 6.14. The number of hydrogen-bond acceptors (Lipinski definition) is 3. The number of nitrogens with one attached hydrogen (secondary N) is 1. The molecule has 1 atom stereocenters. The Kier molecular flexibility index (Phi) is 4.64. The summed E-state index contributed by atoms with van der Waals surface area (Å²) in [5.41, 5.74) is 4.08. The van der Waals surface area contributed by atoms with Gasteiger partial charge in [0.1, 0.15) is 17.4 Å². The Morgan fingerprint density at radius 1 is 1.14 bits per heavy atom. The van der Waals surface area contributed by atoms with Crippen molar-refractivity contribution < 1.29 is 9.21 Å². The quantitative estimate of drug-likeness (QED) is 0.544. The van der Waals surface area contributed by atoms with Crippen molar-refractivity contribution >= 4 is 16.9 Å². The number of imidazole rings is 1. The van der Waals surface area contributed by atoms with Gasteiger partial charge in [0.25, 0.3) is 0 Å². The summed E-state index contributed by atoms with van der Waals surface area (Å²) >= 11 is 0. The predicted molar refractivity (Wildman–Crippen MR) is 111 cm³/mol. The average Bonchev–Trinajstić information content (AvgIpc) is 3.40. The first kappa shape index (κ1) is 17.7. The molecule has 2 aromatic carbocycles. The van der Waals surface area contributed by atoms with Crippen molar-refractivity contribution in [3.05, 3.63) is 89.7 Å². The molecule has 5 heteroatoms. The zero-order valence-electron chi connectivity index (χ0n) is 16.2. The molecule has 0 aliphatic carbocycles. The van der Waals surface area contributed by atoms with Crippen LogP contribution in [-0.2, 0) is 17.6 Å². The zero-order chi connectivity index (χ0) is 19.6. The lowest BCUT2D eigenvalue weighted by molar-refractivity contribution is -0.133. The van der Waals surface area contributed by atoms with Gasteiger partial charge in [-0.25, -0.2) is 4.98 Å². The molecule has 0 saturated carbocycles. The van der Waals surface area contributed by atoms with E-state index in [4.69, 9.17) is 4.42 Å². The molecule has 29 heavy (non-hydrogen) atoms. The first-order valence-electron chi connectivity index (χ1n) is 10.1.